The molecule has 1 amide bonds. The molecule has 26 heavy (non-hydrogen) atoms. The Bertz CT molecular complexity index is 862. The van der Waals surface area contributed by atoms with Gasteiger partial charge in [0.25, 0.3) is 0 Å². The van der Waals surface area contributed by atoms with Crippen LogP contribution in [0.15, 0.2) is 40.6 Å². The molecule has 0 saturated carbocycles. The van der Waals surface area contributed by atoms with E-state index in [1.807, 2.05) is 31.4 Å². The maximum absolute atomic E-state index is 12.5. The number of carbonyl (C=O) groups is 1. The second-order valence-corrected chi connectivity index (χ2v) is 9.51. The van der Waals surface area contributed by atoms with Crippen LogP contribution < -0.4 is 10.6 Å². The van der Waals surface area contributed by atoms with Crippen molar-refractivity contribution in [1.29, 1.82) is 0 Å². The predicted molar refractivity (Wildman–Crippen MR) is 106 cm³/mol. The molecule has 6 nitrogen and oxygen atoms in total. The number of nitrogens with one attached hydrogen (secondary N) is 2. The summed E-state index contributed by atoms with van der Waals surface area (Å²) in [5.74, 6) is -0.212. The van der Waals surface area contributed by atoms with Gasteiger partial charge in [-0.2, -0.15) is 0 Å². The van der Waals surface area contributed by atoms with Gasteiger partial charge in [-0.1, -0.05) is 12.1 Å². The van der Waals surface area contributed by atoms with Crippen molar-refractivity contribution in [3.63, 3.8) is 0 Å². The van der Waals surface area contributed by atoms with Gasteiger partial charge in [-0.05, 0) is 49.9 Å². The summed E-state index contributed by atoms with van der Waals surface area (Å²) in [6, 6.07) is 8.35. The molecule has 0 unspecified atom stereocenters. The van der Waals surface area contributed by atoms with Crippen LogP contribution in [-0.2, 0) is 14.8 Å². The van der Waals surface area contributed by atoms with Crippen LogP contribution in [0.5, 0.6) is 0 Å². The lowest BCUT2D eigenvalue weighted by molar-refractivity contribution is -0.117. The highest BCUT2D eigenvalue weighted by Crippen LogP contribution is 2.23. The first-order valence-electron chi connectivity index (χ1n) is 8.26. The van der Waals surface area contributed by atoms with Crippen LogP contribution in [0.1, 0.15) is 30.3 Å². The molecule has 142 valence electrons. The molecule has 0 saturated heterocycles. The second kappa shape index (κ2) is 8.30. The minimum atomic E-state index is -3.55. The molecule has 1 aromatic heterocycles. The molecule has 0 aliphatic carbocycles. The van der Waals surface area contributed by atoms with Crippen LogP contribution in [0.25, 0.3) is 0 Å². The Morgan fingerprint density at radius 2 is 1.88 bits per heavy atom. The number of thiophene rings is 1. The summed E-state index contributed by atoms with van der Waals surface area (Å²) in [5.41, 5.74) is 1.30. The van der Waals surface area contributed by atoms with Gasteiger partial charge in [0.15, 0.2) is 0 Å². The number of anilines is 1. The maximum Gasteiger partial charge on any atom is 0.242 e. The van der Waals surface area contributed by atoms with E-state index < -0.39 is 16.1 Å². The third-order valence-corrected chi connectivity index (χ3v) is 6.97. The molecular weight excluding hydrogens is 370 g/mol. The number of carbonyl (C=O) groups excluding carboxylic acids is 1. The normalized spacial score (nSPS) is 14.2. The maximum atomic E-state index is 12.5. The molecule has 1 aromatic carbocycles. The first kappa shape index (κ1) is 20.6. The van der Waals surface area contributed by atoms with E-state index in [0.717, 1.165) is 14.7 Å². The van der Waals surface area contributed by atoms with E-state index in [1.54, 1.807) is 30.4 Å². The van der Waals surface area contributed by atoms with Crippen LogP contribution in [0.3, 0.4) is 0 Å². The average molecular weight is 396 g/mol. The van der Waals surface area contributed by atoms with Crippen LogP contribution in [-0.4, -0.2) is 38.8 Å². The summed E-state index contributed by atoms with van der Waals surface area (Å²) in [4.78, 5) is 13.8. The molecule has 0 spiro atoms. The zero-order chi connectivity index (χ0) is 19.5. The standard InChI is InChI=1S/C18H25N3O3S2/c1-12-8-9-15(26(23,24)21(4)5)11-16(12)20-18(22)14(3)19-13(2)17-7-6-10-25-17/h6-11,13-14,19H,1-5H3,(H,20,22)/t13-,14+/m0/s1. The number of benzene rings is 1. The Labute approximate surface area is 159 Å². The van der Waals surface area contributed by atoms with E-state index in [2.05, 4.69) is 10.6 Å². The zero-order valence-electron chi connectivity index (χ0n) is 15.6. The predicted octanol–water partition coefficient (Wildman–Crippen LogP) is 2.98. The number of hydrogen-bond acceptors (Lipinski definition) is 5. The molecule has 1 heterocycles. The van der Waals surface area contributed by atoms with Crippen LogP contribution >= 0.6 is 11.3 Å². The highest BCUT2D eigenvalue weighted by molar-refractivity contribution is 7.89. The third kappa shape index (κ3) is 4.70. The van der Waals surface area contributed by atoms with Gasteiger partial charge < -0.3 is 5.32 Å². The number of aryl methyl sites for hydroxylation is 1. The van der Waals surface area contributed by atoms with E-state index in [9.17, 15) is 13.2 Å². The molecule has 0 radical (unpaired) electrons. The van der Waals surface area contributed by atoms with E-state index in [0.29, 0.717) is 5.69 Å². The van der Waals surface area contributed by atoms with Gasteiger partial charge in [0.1, 0.15) is 0 Å². The van der Waals surface area contributed by atoms with Gasteiger partial charge in [0.2, 0.25) is 15.9 Å². The largest absolute Gasteiger partial charge is 0.324 e. The summed E-state index contributed by atoms with van der Waals surface area (Å²) in [7, 11) is -0.598. The molecular formula is C18H25N3O3S2. The van der Waals surface area contributed by atoms with Crippen molar-refractivity contribution < 1.29 is 13.2 Å². The van der Waals surface area contributed by atoms with E-state index >= 15 is 0 Å². The summed E-state index contributed by atoms with van der Waals surface area (Å²) >= 11 is 1.63. The Hall–Kier alpha value is -1.74. The Morgan fingerprint density at radius 3 is 2.46 bits per heavy atom. The Balaban J connectivity index is 2.13. The number of nitrogens with zero attached hydrogens (tertiary/aromatic N) is 1. The van der Waals surface area contributed by atoms with Crippen molar-refractivity contribution in [3.05, 3.63) is 46.2 Å². The van der Waals surface area contributed by atoms with Crippen molar-refractivity contribution >= 4 is 33.0 Å². The third-order valence-electron chi connectivity index (χ3n) is 4.11. The lowest BCUT2D eigenvalue weighted by atomic mass is 10.2. The molecule has 2 atom stereocenters. The van der Waals surface area contributed by atoms with Crippen LogP contribution in [0, 0.1) is 6.92 Å². The molecule has 2 rings (SSSR count). The van der Waals surface area contributed by atoms with Gasteiger partial charge in [-0.3, -0.25) is 10.1 Å². The molecule has 2 aromatic rings. The van der Waals surface area contributed by atoms with Gasteiger partial charge in [0, 0.05) is 30.7 Å². The Morgan fingerprint density at radius 1 is 1.19 bits per heavy atom. The number of rotatable bonds is 7. The van der Waals surface area contributed by atoms with E-state index in [-0.39, 0.29) is 16.8 Å². The van der Waals surface area contributed by atoms with Crippen molar-refractivity contribution in [2.24, 2.45) is 0 Å². The highest BCUT2D eigenvalue weighted by atomic mass is 32.2. The average Bonchev–Trinajstić information content (AvgIpc) is 3.11. The fourth-order valence-electron chi connectivity index (χ4n) is 2.42. The summed E-state index contributed by atoms with van der Waals surface area (Å²) in [6.45, 7) is 5.62. The molecule has 2 N–H and O–H groups in total. The SMILES string of the molecule is Cc1ccc(S(=O)(=O)N(C)C)cc1NC(=O)[C@@H](C)N[C@@H](C)c1cccs1. The topological polar surface area (TPSA) is 78.5 Å². The summed E-state index contributed by atoms with van der Waals surface area (Å²) in [5, 5.41) is 8.09. The highest BCUT2D eigenvalue weighted by Gasteiger charge is 2.21. The van der Waals surface area contributed by atoms with Crippen molar-refractivity contribution in [2.75, 3.05) is 19.4 Å². The van der Waals surface area contributed by atoms with Gasteiger partial charge in [0.05, 0.1) is 10.9 Å². The first-order valence-corrected chi connectivity index (χ1v) is 10.6. The molecule has 8 heteroatoms. The first-order chi connectivity index (χ1) is 12.1. The Kier molecular flexibility index (Phi) is 6.57. The van der Waals surface area contributed by atoms with Crippen molar-refractivity contribution in [1.82, 2.24) is 9.62 Å². The minimum absolute atomic E-state index is 0.0531. The fraction of sp³-hybridized carbons (Fsp3) is 0.389. The van der Waals surface area contributed by atoms with Crippen LogP contribution in [0.4, 0.5) is 5.69 Å². The molecule has 0 aliphatic rings. The smallest absolute Gasteiger partial charge is 0.242 e. The summed E-state index contributed by atoms with van der Waals surface area (Å²) < 4.78 is 25.7. The van der Waals surface area contributed by atoms with Gasteiger partial charge in [-0.15, -0.1) is 11.3 Å². The van der Waals surface area contributed by atoms with Crippen molar-refractivity contribution in [3.8, 4) is 0 Å². The number of hydrogen-bond donors (Lipinski definition) is 2. The van der Waals surface area contributed by atoms with Gasteiger partial charge in [-0.25, -0.2) is 12.7 Å². The van der Waals surface area contributed by atoms with Crippen molar-refractivity contribution in [2.45, 2.75) is 37.8 Å². The second-order valence-electron chi connectivity index (χ2n) is 6.38. The molecule has 0 fully saturated rings. The van der Waals surface area contributed by atoms with Crippen LogP contribution in [0.2, 0.25) is 0 Å². The number of amides is 1. The zero-order valence-corrected chi connectivity index (χ0v) is 17.2. The lowest BCUT2D eigenvalue weighted by Crippen LogP contribution is -2.39. The minimum Gasteiger partial charge on any atom is -0.324 e. The monoisotopic (exact) mass is 395 g/mol. The quantitative estimate of drug-likeness (QED) is 0.755. The number of sulfonamides is 1. The lowest BCUT2D eigenvalue weighted by Gasteiger charge is -2.20. The fourth-order valence-corrected chi connectivity index (χ4v) is 4.09. The van der Waals surface area contributed by atoms with Gasteiger partial charge >= 0.3 is 0 Å². The molecule has 0 bridgehead atoms. The van der Waals surface area contributed by atoms with E-state index in [4.69, 9.17) is 0 Å². The molecule has 0 aliphatic heterocycles. The van der Waals surface area contributed by atoms with E-state index in [1.165, 1.54) is 20.2 Å². The summed E-state index contributed by atoms with van der Waals surface area (Å²) in [6.07, 6.45) is 0.